The predicted molar refractivity (Wildman–Crippen MR) is 70.0 cm³/mol. The van der Waals surface area contributed by atoms with E-state index >= 15 is 0 Å². The van der Waals surface area contributed by atoms with Crippen molar-refractivity contribution in [2.45, 2.75) is 13.3 Å². The van der Waals surface area contributed by atoms with Crippen LogP contribution in [0.15, 0.2) is 29.6 Å². The van der Waals surface area contributed by atoms with Crippen LogP contribution in [0.4, 0.5) is 0 Å². The summed E-state index contributed by atoms with van der Waals surface area (Å²) in [5.74, 6) is 0.0371. The first-order valence-corrected chi connectivity index (χ1v) is 6.82. The van der Waals surface area contributed by atoms with Crippen molar-refractivity contribution in [1.82, 2.24) is 5.32 Å². The number of hydrogen-bond acceptors (Lipinski definition) is 3. The molecule has 0 saturated carbocycles. The van der Waals surface area contributed by atoms with Crippen molar-refractivity contribution in [1.29, 1.82) is 0 Å². The van der Waals surface area contributed by atoms with E-state index in [1.54, 1.807) is 29.6 Å². The molecule has 0 fully saturated rings. The van der Waals surface area contributed by atoms with Crippen LogP contribution in [-0.2, 0) is 11.2 Å². The average molecular weight is 251 g/mol. The zero-order chi connectivity index (χ0) is 11.4. The highest BCUT2D eigenvalue weighted by atomic mass is 32.1. The van der Waals surface area contributed by atoms with Crippen LogP contribution in [0, 0.1) is 0 Å². The number of rotatable bonds is 4. The van der Waals surface area contributed by atoms with Gasteiger partial charge in [0.15, 0.2) is 0 Å². The summed E-state index contributed by atoms with van der Waals surface area (Å²) in [5.41, 5.74) is 0. The molecular weight excluding hydrogens is 238 g/mol. The van der Waals surface area contributed by atoms with Crippen molar-refractivity contribution >= 4 is 28.6 Å². The zero-order valence-electron chi connectivity index (χ0n) is 9.03. The van der Waals surface area contributed by atoms with Crippen molar-refractivity contribution in [3.8, 4) is 9.75 Å². The van der Waals surface area contributed by atoms with Crippen LogP contribution in [0.5, 0.6) is 0 Å². The highest BCUT2D eigenvalue weighted by molar-refractivity contribution is 7.21. The first-order valence-electron chi connectivity index (χ1n) is 5.13. The second-order valence-electron chi connectivity index (χ2n) is 3.48. The van der Waals surface area contributed by atoms with Gasteiger partial charge in [-0.1, -0.05) is 6.07 Å². The monoisotopic (exact) mass is 251 g/mol. The van der Waals surface area contributed by atoms with Crippen LogP contribution < -0.4 is 5.32 Å². The minimum Gasteiger partial charge on any atom is -0.356 e. The first kappa shape index (κ1) is 11.4. The molecule has 16 heavy (non-hydrogen) atoms. The SMILES string of the molecule is CC(=O)NCCc1ccc(-c2cccs2)s1. The van der Waals surface area contributed by atoms with Gasteiger partial charge < -0.3 is 5.32 Å². The van der Waals surface area contributed by atoms with Gasteiger partial charge in [-0.2, -0.15) is 0 Å². The first-order chi connectivity index (χ1) is 7.75. The summed E-state index contributed by atoms with van der Waals surface area (Å²) in [6.07, 6.45) is 0.912. The summed E-state index contributed by atoms with van der Waals surface area (Å²) in [7, 11) is 0. The van der Waals surface area contributed by atoms with E-state index in [2.05, 4.69) is 35.0 Å². The van der Waals surface area contributed by atoms with Crippen molar-refractivity contribution in [3.05, 3.63) is 34.5 Å². The summed E-state index contributed by atoms with van der Waals surface area (Å²) in [4.78, 5) is 14.7. The van der Waals surface area contributed by atoms with E-state index in [0.29, 0.717) is 0 Å². The van der Waals surface area contributed by atoms with E-state index in [1.807, 2.05) is 0 Å². The van der Waals surface area contributed by atoms with Crippen LogP contribution in [0.3, 0.4) is 0 Å². The Morgan fingerprint density at radius 1 is 1.31 bits per heavy atom. The Labute approximate surface area is 103 Å². The van der Waals surface area contributed by atoms with Crippen LogP contribution in [0.1, 0.15) is 11.8 Å². The lowest BCUT2D eigenvalue weighted by atomic mass is 10.3. The molecule has 2 aromatic rings. The van der Waals surface area contributed by atoms with Crippen molar-refractivity contribution in [2.24, 2.45) is 0 Å². The van der Waals surface area contributed by atoms with Gasteiger partial charge in [-0.25, -0.2) is 0 Å². The summed E-state index contributed by atoms with van der Waals surface area (Å²) in [5, 5.41) is 4.90. The molecule has 0 radical (unpaired) electrons. The van der Waals surface area contributed by atoms with Crippen molar-refractivity contribution in [3.63, 3.8) is 0 Å². The minimum atomic E-state index is 0.0371. The predicted octanol–water partition coefficient (Wildman–Crippen LogP) is 3.16. The van der Waals surface area contributed by atoms with Gasteiger partial charge in [-0.3, -0.25) is 4.79 Å². The molecule has 2 heterocycles. The second kappa shape index (κ2) is 5.27. The number of hydrogen-bond donors (Lipinski definition) is 1. The summed E-state index contributed by atoms with van der Waals surface area (Å²) in [6.45, 7) is 2.27. The Bertz CT molecular complexity index is 459. The van der Waals surface area contributed by atoms with Crippen molar-refractivity contribution < 1.29 is 4.79 Å². The van der Waals surface area contributed by atoms with Gasteiger partial charge in [0.1, 0.15) is 0 Å². The lowest BCUT2D eigenvalue weighted by Gasteiger charge is -1.98. The van der Waals surface area contributed by atoms with E-state index in [1.165, 1.54) is 14.6 Å². The topological polar surface area (TPSA) is 29.1 Å². The van der Waals surface area contributed by atoms with E-state index in [4.69, 9.17) is 0 Å². The van der Waals surface area contributed by atoms with E-state index in [-0.39, 0.29) is 5.91 Å². The average Bonchev–Trinajstić information content (AvgIpc) is 2.85. The molecule has 0 aliphatic carbocycles. The molecule has 0 aliphatic rings. The van der Waals surface area contributed by atoms with E-state index < -0.39 is 0 Å². The summed E-state index contributed by atoms with van der Waals surface area (Å²) < 4.78 is 0. The van der Waals surface area contributed by atoms with Gasteiger partial charge in [-0.05, 0) is 30.0 Å². The third-order valence-electron chi connectivity index (χ3n) is 2.17. The lowest BCUT2D eigenvalue weighted by molar-refractivity contribution is -0.118. The molecule has 1 amide bonds. The fourth-order valence-corrected chi connectivity index (χ4v) is 3.27. The molecule has 0 aromatic carbocycles. The number of thiophene rings is 2. The van der Waals surface area contributed by atoms with E-state index in [9.17, 15) is 4.79 Å². The number of carbonyl (C=O) groups is 1. The van der Waals surface area contributed by atoms with Gasteiger partial charge in [0, 0.05) is 28.1 Å². The second-order valence-corrected chi connectivity index (χ2v) is 5.59. The highest BCUT2D eigenvalue weighted by Crippen LogP contribution is 2.31. The molecule has 0 atom stereocenters. The maximum Gasteiger partial charge on any atom is 0.216 e. The largest absolute Gasteiger partial charge is 0.356 e. The maximum atomic E-state index is 10.7. The van der Waals surface area contributed by atoms with Gasteiger partial charge in [-0.15, -0.1) is 22.7 Å². The number of amides is 1. The smallest absolute Gasteiger partial charge is 0.216 e. The molecule has 0 saturated heterocycles. The van der Waals surface area contributed by atoms with Crippen molar-refractivity contribution in [2.75, 3.05) is 6.54 Å². The zero-order valence-corrected chi connectivity index (χ0v) is 10.7. The highest BCUT2D eigenvalue weighted by Gasteiger charge is 2.03. The maximum absolute atomic E-state index is 10.7. The van der Waals surface area contributed by atoms with Crippen LogP contribution in [-0.4, -0.2) is 12.5 Å². The molecule has 0 aliphatic heterocycles. The standard InChI is InChI=1S/C12H13NOS2/c1-9(14)13-7-6-10-4-5-12(16-10)11-3-2-8-15-11/h2-5,8H,6-7H2,1H3,(H,13,14). The number of carbonyl (C=O) groups excluding carboxylic acids is 1. The fraction of sp³-hybridized carbons (Fsp3) is 0.250. The molecule has 4 heteroatoms. The molecule has 2 aromatic heterocycles. The molecule has 2 rings (SSSR count). The lowest BCUT2D eigenvalue weighted by Crippen LogP contribution is -2.21. The summed E-state index contributed by atoms with van der Waals surface area (Å²) >= 11 is 3.56. The molecule has 1 N–H and O–H groups in total. The Morgan fingerprint density at radius 2 is 2.19 bits per heavy atom. The third kappa shape index (κ3) is 2.93. The Kier molecular flexibility index (Phi) is 3.74. The quantitative estimate of drug-likeness (QED) is 0.888. The Hall–Kier alpha value is -1.13. The van der Waals surface area contributed by atoms with Crippen LogP contribution in [0.2, 0.25) is 0 Å². The Balaban J connectivity index is 1.95. The van der Waals surface area contributed by atoms with Crippen LogP contribution in [0.25, 0.3) is 9.75 Å². The van der Waals surface area contributed by atoms with Crippen LogP contribution >= 0.6 is 22.7 Å². The van der Waals surface area contributed by atoms with Gasteiger partial charge in [0.2, 0.25) is 5.91 Å². The molecule has 2 nitrogen and oxygen atoms in total. The molecule has 0 bridgehead atoms. The molecular formula is C12H13NOS2. The van der Waals surface area contributed by atoms with Gasteiger partial charge >= 0.3 is 0 Å². The molecule has 0 spiro atoms. The van der Waals surface area contributed by atoms with Gasteiger partial charge in [0.25, 0.3) is 0 Å². The third-order valence-corrected chi connectivity index (χ3v) is 4.38. The molecule has 84 valence electrons. The fourth-order valence-electron chi connectivity index (χ4n) is 1.43. The normalized spacial score (nSPS) is 10.3. The Morgan fingerprint density at radius 3 is 2.88 bits per heavy atom. The summed E-state index contributed by atoms with van der Waals surface area (Å²) in [6, 6.07) is 8.49. The minimum absolute atomic E-state index is 0.0371. The van der Waals surface area contributed by atoms with Gasteiger partial charge in [0.05, 0.1) is 0 Å². The number of nitrogens with one attached hydrogen (secondary N) is 1. The molecule has 0 unspecified atom stereocenters. The van der Waals surface area contributed by atoms with E-state index in [0.717, 1.165) is 13.0 Å².